The van der Waals surface area contributed by atoms with Crippen molar-refractivity contribution in [2.75, 3.05) is 13.2 Å². The molecule has 0 unspecified atom stereocenters. The number of carbonyl (C=O) groups excluding carboxylic acids is 1. The Morgan fingerprint density at radius 1 is 1.44 bits per heavy atom. The van der Waals surface area contributed by atoms with Crippen LogP contribution in [0, 0.1) is 5.82 Å². The Morgan fingerprint density at radius 2 is 2.12 bits per heavy atom. The maximum absolute atomic E-state index is 12.9. The summed E-state index contributed by atoms with van der Waals surface area (Å²) in [6.07, 6.45) is -2.53. The van der Waals surface area contributed by atoms with E-state index in [1.54, 1.807) is 0 Å². The van der Waals surface area contributed by atoms with Crippen molar-refractivity contribution in [2.24, 2.45) is 0 Å². The Kier molecular flexibility index (Phi) is 3.94. The monoisotopic (exact) mass is 237 g/mol. The van der Waals surface area contributed by atoms with Crippen LogP contribution in [0.1, 0.15) is 10.4 Å². The van der Waals surface area contributed by atoms with E-state index in [9.17, 15) is 22.4 Å². The van der Waals surface area contributed by atoms with E-state index >= 15 is 0 Å². The van der Waals surface area contributed by atoms with Crippen LogP contribution in [0.25, 0.3) is 0 Å². The number of Topliss-reactive ketones (excluding diaryl/α,β-unsaturated/α-hetero) is 1. The first kappa shape index (κ1) is 12.6. The van der Waals surface area contributed by atoms with Gasteiger partial charge >= 0.3 is 6.18 Å². The number of hydrogen-bond donors (Lipinski definition) is 0. The number of ether oxygens (including phenoxy) is 1. The maximum atomic E-state index is 12.9. The van der Waals surface area contributed by atoms with Gasteiger partial charge < -0.3 is 4.74 Å². The quantitative estimate of drug-likeness (QED) is 0.593. The fourth-order valence-electron chi connectivity index (χ4n) is 0.939. The number of halogens is 4. The molecule has 88 valence electrons. The lowest BCUT2D eigenvalue weighted by molar-refractivity contribution is -0.170. The van der Waals surface area contributed by atoms with Gasteiger partial charge in [0.05, 0.1) is 11.8 Å². The molecule has 16 heavy (non-hydrogen) atoms. The minimum absolute atomic E-state index is 0.336. The van der Waals surface area contributed by atoms with Crippen molar-refractivity contribution in [2.45, 2.75) is 6.18 Å². The van der Waals surface area contributed by atoms with Gasteiger partial charge in [-0.05, 0) is 6.07 Å². The Morgan fingerprint density at radius 3 is 2.69 bits per heavy atom. The number of nitrogens with zero attached hydrogens (tertiary/aromatic N) is 1. The van der Waals surface area contributed by atoms with E-state index in [0.29, 0.717) is 0 Å². The highest BCUT2D eigenvalue weighted by molar-refractivity contribution is 5.97. The average molecular weight is 237 g/mol. The third kappa shape index (κ3) is 3.93. The van der Waals surface area contributed by atoms with E-state index in [0.717, 1.165) is 12.3 Å². The van der Waals surface area contributed by atoms with Crippen LogP contribution in [0.3, 0.4) is 0 Å². The first-order valence-corrected chi connectivity index (χ1v) is 4.17. The van der Waals surface area contributed by atoms with E-state index in [1.165, 1.54) is 6.20 Å². The summed E-state index contributed by atoms with van der Waals surface area (Å²) in [6, 6.07) is 1.08. The van der Waals surface area contributed by atoms with Gasteiger partial charge in [0.2, 0.25) is 0 Å². The molecule has 0 aliphatic rings. The van der Waals surface area contributed by atoms with Crippen molar-refractivity contribution < 1.29 is 27.1 Å². The summed E-state index contributed by atoms with van der Waals surface area (Å²) in [5.41, 5.74) is -0.336. The normalized spacial score (nSPS) is 11.5. The number of rotatable bonds is 4. The number of aromatic nitrogens is 1. The molecule has 0 spiro atoms. The highest BCUT2D eigenvalue weighted by Gasteiger charge is 2.28. The molecule has 1 aromatic rings. The van der Waals surface area contributed by atoms with Crippen LogP contribution in [0.2, 0.25) is 0 Å². The highest BCUT2D eigenvalue weighted by Crippen LogP contribution is 2.14. The highest BCUT2D eigenvalue weighted by atomic mass is 19.4. The second-order valence-corrected chi connectivity index (χ2v) is 2.89. The number of hydrogen-bond acceptors (Lipinski definition) is 3. The molecule has 0 radical (unpaired) electrons. The molecular weight excluding hydrogens is 230 g/mol. The molecule has 1 heterocycles. The number of carbonyl (C=O) groups is 1. The van der Waals surface area contributed by atoms with Gasteiger partial charge in [-0.2, -0.15) is 13.2 Å². The van der Waals surface area contributed by atoms with Crippen molar-refractivity contribution in [3.05, 3.63) is 29.8 Å². The molecule has 0 aliphatic heterocycles. The third-order valence-corrected chi connectivity index (χ3v) is 1.57. The summed E-state index contributed by atoms with van der Waals surface area (Å²) in [5.74, 6) is -1.74. The zero-order valence-electron chi connectivity index (χ0n) is 7.92. The Labute approximate surface area is 88.0 Å². The SMILES string of the molecule is O=C(COCC(F)(F)F)c1ccncc1F. The lowest BCUT2D eigenvalue weighted by atomic mass is 10.2. The molecule has 1 aromatic heterocycles. The zero-order valence-corrected chi connectivity index (χ0v) is 7.92. The van der Waals surface area contributed by atoms with Crippen LogP contribution in [0.15, 0.2) is 18.5 Å². The van der Waals surface area contributed by atoms with Crippen molar-refractivity contribution in [1.29, 1.82) is 0 Å². The van der Waals surface area contributed by atoms with Gasteiger partial charge in [0, 0.05) is 6.20 Å². The summed E-state index contributed by atoms with van der Waals surface area (Å²) in [6.45, 7) is -2.36. The van der Waals surface area contributed by atoms with Crippen LogP contribution in [-0.4, -0.2) is 30.2 Å². The maximum Gasteiger partial charge on any atom is 0.411 e. The largest absolute Gasteiger partial charge is 0.411 e. The smallest absolute Gasteiger partial charge is 0.364 e. The molecule has 0 saturated heterocycles. The van der Waals surface area contributed by atoms with Crippen LogP contribution in [-0.2, 0) is 4.74 Å². The van der Waals surface area contributed by atoms with Gasteiger partial charge in [-0.15, -0.1) is 0 Å². The number of alkyl halides is 3. The summed E-state index contributed by atoms with van der Waals surface area (Å²) >= 11 is 0. The van der Waals surface area contributed by atoms with E-state index in [2.05, 4.69) is 9.72 Å². The minimum Gasteiger partial charge on any atom is -0.364 e. The Balaban J connectivity index is 2.51. The van der Waals surface area contributed by atoms with E-state index < -0.39 is 31.0 Å². The lowest BCUT2D eigenvalue weighted by Crippen LogP contribution is -2.20. The lowest BCUT2D eigenvalue weighted by Gasteiger charge is -2.07. The minimum atomic E-state index is -4.50. The van der Waals surface area contributed by atoms with Gasteiger partial charge in [-0.25, -0.2) is 4.39 Å². The van der Waals surface area contributed by atoms with Crippen LogP contribution in [0.5, 0.6) is 0 Å². The molecule has 1 rings (SSSR count). The standard InChI is InChI=1S/C9H7F4NO2/c10-7-3-14-2-1-6(7)8(15)4-16-5-9(11,12)13/h1-3H,4-5H2. The van der Waals surface area contributed by atoms with Gasteiger partial charge in [0.15, 0.2) is 11.6 Å². The summed E-state index contributed by atoms with van der Waals surface area (Å²) in [7, 11) is 0. The summed E-state index contributed by atoms with van der Waals surface area (Å²) in [4.78, 5) is 14.6. The average Bonchev–Trinajstić information content (AvgIpc) is 2.16. The van der Waals surface area contributed by atoms with E-state index in [1.807, 2.05) is 0 Å². The fourth-order valence-corrected chi connectivity index (χ4v) is 0.939. The van der Waals surface area contributed by atoms with Crippen LogP contribution < -0.4 is 0 Å². The number of pyridine rings is 1. The van der Waals surface area contributed by atoms with Crippen molar-refractivity contribution in [1.82, 2.24) is 4.98 Å². The van der Waals surface area contributed by atoms with Crippen LogP contribution in [0.4, 0.5) is 17.6 Å². The summed E-state index contributed by atoms with van der Waals surface area (Å²) in [5, 5.41) is 0. The Bertz CT molecular complexity index is 378. The predicted octanol–water partition coefficient (Wildman–Crippen LogP) is 1.98. The van der Waals surface area contributed by atoms with Gasteiger partial charge in [0.1, 0.15) is 13.2 Å². The molecule has 0 atom stereocenters. The van der Waals surface area contributed by atoms with Gasteiger partial charge in [-0.3, -0.25) is 9.78 Å². The van der Waals surface area contributed by atoms with Crippen molar-refractivity contribution in [3.63, 3.8) is 0 Å². The summed E-state index contributed by atoms with van der Waals surface area (Å²) < 4.78 is 52.1. The molecule has 0 N–H and O–H groups in total. The molecule has 0 amide bonds. The molecular formula is C9H7F4NO2. The molecule has 7 heteroatoms. The molecule has 0 aromatic carbocycles. The topological polar surface area (TPSA) is 39.2 Å². The molecule has 0 aliphatic carbocycles. The molecule has 0 fully saturated rings. The Hall–Kier alpha value is -1.50. The zero-order chi connectivity index (χ0) is 12.2. The van der Waals surface area contributed by atoms with Crippen molar-refractivity contribution >= 4 is 5.78 Å². The molecule has 3 nitrogen and oxygen atoms in total. The second-order valence-electron chi connectivity index (χ2n) is 2.89. The van der Waals surface area contributed by atoms with Crippen LogP contribution >= 0.6 is 0 Å². The van der Waals surface area contributed by atoms with E-state index in [-0.39, 0.29) is 5.56 Å². The first-order valence-electron chi connectivity index (χ1n) is 4.17. The van der Waals surface area contributed by atoms with Crippen molar-refractivity contribution in [3.8, 4) is 0 Å². The predicted molar refractivity (Wildman–Crippen MR) is 45.4 cm³/mol. The molecule has 0 saturated carbocycles. The number of ketones is 1. The fraction of sp³-hybridized carbons (Fsp3) is 0.333. The third-order valence-electron chi connectivity index (χ3n) is 1.57. The van der Waals surface area contributed by atoms with Gasteiger partial charge in [-0.1, -0.05) is 0 Å². The van der Waals surface area contributed by atoms with E-state index in [4.69, 9.17) is 0 Å². The second kappa shape index (κ2) is 5.02. The molecule has 0 bridgehead atoms. The first-order chi connectivity index (χ1) is 7.40. The van der Waals surface area contributed by atoms with Gasteiger partial charge in [0.25, 0.3) is 0 Å².